The number of halogens is 1. The Balaban J connectivity index is 2.74. The molecule has 1 aromatic rings. The largest absolute Gasteiger partial charge is 0.317 e. The highest BCUT2D eigenvalue weighted by molar-refractivity contribution is 7.15. The average Bonchev–Trinajstić information content (AvgIpc) is 2.15. The molecule has 54 valence electrons. The van der Waals surface area contributed by atoms with Gasteiger partial charge < -0.3 is 5.32 Å². The van der Waals surface area contributed by atoms with E-state index in [4.69, 9.17) is 11.6 Å². The number of amides is 1. The Morgan fingerprint density at radius 3 is 2.90 bits per heavy atom. The van der Waals surface area contributed by atoms with Crippen molar-refractivity contribution in [2.45, 2.75) is 6.92 Å². The van der Waals surface area contributed by atoms with Gasteiger partial charge in [-0.2, -0.15) is 0 Å². The minimum absolute atomic E-state index is 0.0932. The Hall–Kier alpha value is -0.540. The molecule has 0 unspecified atom stereocenters. The second kappa shape index (κ2) is 3.03. The molecular formula is C6H6ClNOS. The number of carbonyl (C=O) groups excluding carboxylic acids is 1. The molecule has 1 amide bonds. The molecule has 0 bridgehead atoms. The van der Waals surface area contributed by atoms with Gasteiger partial charge in [0.05, 0.1) is 5.02 Å². The van der Waals surface area contributed by atoms with Crippen LogP contribution in [0.4, 0.5) is 5.00 Å². The lowest BCUT2D eigenvalue weighted by molar-refractivity contribution is -0.114. The summed E-state index contributed by atoms with van der Waals surface area (Å²) in [6.07, 6.45) is 0. The normalized spacial score (nSPS) is 9.40. The predicted octanol–water partition coefficient (Wildman–Crippen LogP) is 2.36. The minimum Gasteiger partial charge on any atom is -0.317 e. The maximum atomic E-state index is 10.5. The molecule has 10 heavy (non-hydrogen) atoms. The molecule has 1 N–H and O–H groups in total. The number of hydrogen-bond donors (Lipinski definition) is 1. The van der Waals surface area contributed by atoms with Crippen molar-refractivity contribution in [2.75, 3.05) is 5.32 Å². The Labute approximate surface area is 67.8 Å². The smallest absolute Gasteiger partial charge is 0.221 e. The highest BCUT2D eigenvalue weighted by Crippen LogP contribution is 2.27. The molecular weight excluding hydrogens is 170 g/mol. The molecule has 0 aliphatic rings. The fourth-order valence-corrected chi connectivity index (χ4v) is 1.58. The maximum absolute atomic E-state index is 10.5. The zero-order chi connectivity index (χ0) is 7.56. The Morgan fingerprint density at radius 1 is 1.80 bits per heavy atom. The van der Waals surface area contributed by atoms with Gasteiger partial charge in [-0.05, 0) is 11.4 Å². The lowest BCUT2D eigenvalue weighted by Gasteiger charge is -1.95. The summed E-state index contributed by atoms with van der Waals surface area (Å²) < 4.78 is 0. The number of thiophene rings is 1. The van der Waals surface area contributed by atoms with Crippen molar-refractivity contribution in [3.8, 4) is 0 Å². The Morgan fingerprint density at radius 2 is 2.50 bits per heavy atom. The summed E-state index contributed by atoms with van der Waals surface area (Å²) in [7, 11) is 0. The summed E-state index contributed by atoms with van der Waals surface area (Å²) in [5, 5.41) is 5.74. The molecule has 0 saturated carbocycles. The standard InChI is InChI=1S/C6H6ClNOS/c1-4(9)8-6-5(7)2-3-10-6/h2-3H,1H3,(H,8,9). The first-order valence-electron chi connectivity index (χ1n) is 2.70. The fraction of sp³-hybridized carbons (Fsp3) is 0.167. The predicted molar refractivity (Wildman–Crippen MR) is 43.6 cm³/mol. The average molecular weight is 176 g/mol. The lowest BCUT2D eigenvalue weighted by atomic mass is 10.6. The van der Waals surface area contributed by atoms with Crippen molar-refractivity contribution >= 4 is 33.8 Å². The van der Waals surface area contributed by atoms with Crippen molar-refractivity contribution in [2.24, 2.45) is 0 Å². The summed E-state index contributed by atoms with van der Waals surface area (Å²) >= 11 is 7.09. The number of hydrogen-bond acceptors (Lipinski definition) is 2. The number of nitrogens with one attached hydrogen (secondary N) is 1. The third kappa shape index (κ3) is 1.72. The van der Waals surface area contributed by atoms with Crippen LogP contribution in [0.3, 0.4) is 0 Å². The Kier molecular flexibility index (Phi) is 2.29. The van der Waals surface area contributed by atoms with Crippen molar-refractivity contribution < 1.29 is 4.79 Å². The van der Waals surface area contributed by atoms with E-state index in [1.165, 1.54) is 18.3 Å². The molecule has 4 heteroatoms. The summed E-state index contributed by atoms with van der Waals surface area (Å²) in [4.78, 5) is 10.5. The lowest BCUT2D eigenvalue weighted by Crippen LogP contribution is -2.03. The summed E-state index contributed by atoms with van der Waals surface area (Å²) in [6.45, 7) is 1.45. The second-order valence-electron chi connectivity index (χ2n) is 1.78. The molecule has 0 saturated heterocycles. The van der Waals surface area contributed by atoms with Gasteiger partial charge in [0.2, 0.25) is 5.91 Å². The highest BCUT2D eigenvalue weighted by Gasteiger charge is 2.00. The van der Waals surface area contributed by atoms with Crippen LogP contribution in [0.5, 0.6) is 0 Å². The molecule has 0 aliphatic heterocycles. The zero-order valence-corrected chi connectivity index (χ0v) is 6.92. The van der Waals surface area contributed by atoms with Crippen LogP contribution >= 0.6 is 22.9 Å². The molecule has 1 rings (SSSR count). The van der Waals surface area contributed by atoms with E-state index in [1.807, 2.05) is 5.38 Å². The molecule has 0 spiro atoms. The highest BCUT2D eigenvalue weighted by atomic mass is 35.5. The summed E-state index contributed by atoms with van der Waals surface area (Å²) in [5.41, 5.74) is 0. The maximum Gasteiger partial charge on any atom is 0.221 e. The van der Waals surface area contributed by atoms with E-state index in [-0.39, 0.29) is 5.91 Å². The number of rotatable bonds is 1. The van der Waals surface area contributed by atoms with Gasteiger partial charge in [-0.3, -0.25) is 4.79 Å². The summed E-state index contributed by atoms with van der Waals surface area (Å²) in [6, 6.07) is 1.75. The molecule has 0 aromatic carbocycles. The van der Waals surface area contributed by atoms with Crippen LogP contribution in [0.1, 0.15) is 6.92 Å². The van der Waals surface area contributed by atoms with Gasteiger partial charge in [0.25, 0.3) is 0 Å². The van der Waals surface area contributed by atoms with Crippen LogP contribution in [0, 0.1) is 0 Å². The van der Waals surface area contributed by atoms with Crippen LogP contribution in [0.15, 0.2) is 11.4 Å². The molecule has 0 fully saturated rings. The van der Waals surface area contributed by atoms with Crippen LogP contribution in [-0.4, -0.2) is 5.91 Å². The van der Waals surface area contributed by atoms with E-state index >= 15 is 0 Å². The van der Waals surface area contributed by atoms with E-state index in [2.05, 4.69) is 5.32 Å². The molecule has 0 radical (unpaired) electrons. The van der Waals surface area contributed by atoms with Crippen LogP contribution in [-0.2, 0) is 4.79 Å². The quantitative estimate of drug-likeness (QED) is 0.698. The molecule has 0 atom stereocenters. The molecule has 1 heterocycles. The third-order valence-electron chi connectivity index (χ3n) is 0.907. The van der Waals surface area contributed by atoms with Gasteiger partial charge in [-0.25, -0.2) is 0 Å². The van der Waals surface area contributed by atoms with Gasteiger partial charge in [-0.1, -0.05) is 11.6 Å². The van der Waals surface area contributed by atoms with Crippen LogP contribution < -0.4 is 5.32 Å². The molecule has 0 aliphatic carbocycles. The SMILES string of the molecule is CC(=O)Nc1sccc1Cl. The monoisotopic (exact) mass is 175 g/mol. The van der Waals surface area contributed by atoms with Gasteiger partial charge in [0.15, 0.2) is 0 Å². The fourth-order valence-electron chi connectivity index (χ4n) is 0.543. The Bertz CT molecular complexity index is 246. The molecule has 1 aromatic heterocycles. The van der Waals surface area contributed by atoms with Crippen molar-refractivity contribution in [3.63, 3.8) is 0 Å². The van der Waals surface area contributed by atoms with Crippen molar-refractivity contribution in [3.05, 3.63) is 16.5 Å². The first-order valence-corrected chi connectivity index (χ1v) is 3.96. The van der Waals surface area contributed by atoms with Crippen LogP contribution in [0.25, 0.3) is 0 Å². The van der Waals surface area contributed by atoms with Crippen molar-refractivity contribution in [1.82, 2.24) is 0 Å². The van der Waals surface area contributed by atoms with Gasteiger partial charge in [0, 0.05) is 6.92 Å². The topological polar surface area (TPSA) is 29.1 Å². The first-order chi connectivity index (χ1) is 4.70. The van der Waals surface area contributed by atoms with Crippen molar-refractivity contribution in [1.29, 1.82) is 0 Å². The van der Waals surface area contributed by atoms with E-state index in [9.17, 15) is 4.79 Å². The zero-order valence-electron chi connectivity index (χ0n) is 5.35. The van der Waals surface area contributed by atoms with Gasteiger partial charge in [-0.15, -0.1) is 11.3 Å². The van der Waals surface area contributed by atoms with Gasteiger partial charge >= 0.3 is 0 Å². The molecule has 2 nitrogen and oxygen atoms in total. The van der Waals surface area contributed by atoms with E-state index in [0.717, 1.165) is 0 Å². The number of carbonyl (C=O) groups is 1. The van der Waals surface area contributed by atoms with E-state index in [1.54, 1.807) is 6.07 Å². The van der Waals surface area contributed by atoms with Crippen LogP contribution in [0.2, 0.25) is 5.02 Å². The minimum atomic E-state index is -0.0932. The van der Waals surface area contributed by atoms with Gasteiger partial charge in [0.1, 0.15) is 5.00 Å². The summed E-state index contributed by atoms with van der Waals surface area (Å²) in [5.74, 6) is -0.0932. The second-order valence-corrected chi connectivity index (χ2v) is 3.10. The van der Waals surface area contributed by atoms with E-state index < -0.39 is 0 Å². The third-order valence-corrected chi connectivity index (χ3v) is 2.16. The first kappa shape index (κ1) is 7.57. The van der Waals surface area contributed by atoms with E-state index in [0.29, 0.717) is 10.0 Å². The number of anilines is 1.